The molecule has 7 nitrogen and oxygen atoms in total. The maximum absolute atomic E-state index is 12.4. The Bertz CT molecular complexity index is 1100. The highest BCUT2D eigenvalue weighted by molar-refractivity contribution is 6.32. The van der Waals surface area contributed by atoms with Gasteiger partial charge >= 0.3 is 0 Å². The summed E-state index contributed by atoms with van der Waals surface area (Å²) in [5.41, 5.74) is 1.56. The van der Waals surface area contributed by atoms with E-state index in [1.807, 2.05) is 35.4 Å². The van der Waals surface area contributed by atoms with Crippen LogP contribution in [-0.4, -0.2) is 56.7 Å². The van der Waals surface area contributed by atoms with E-state index in [0.29, 0.717) is 10.9 Å². The Morgan fingerprint density at radius 3 is 2.50 bits per heavy atom. The molecule has 2 fully saturated rings. The van der Waals surface area contributed by atoms with Gasteiger partial charge in [0.1, 0.15) is 11.6 Å². The van der Waals surface area contributed by atoms with Crippen LogP contribution in [0.5, 0.6) is 0 Å². The molecule has 0 bridgehead atoms. The van der Waals surface area contributed by atoms with Crippen LogP contribution in [0.25, 0.3) is 16.7 Å². The Labute approximate surface area is 180 Å². The summed E-state index contributed by atoms with van der Waals surface area (Å²) in [5, 5.41) is 6.13. The van der Waals surface area contributed by atoms with Gasteiger partial charge in [-0.2, -0.15) is 5.10 Å². The number of nitrogens with zero attached hydrogens (tertiary/aromatic N) is 6. The number of para-hydroxylation sites is 1. The van der Waals surface area contributed by atoms with E-state index in [0.717, 1.165) is 67.4 Å². The molecule has 156 valence electrons. The minimum Gasteiger partial charge on any atom is -0.352 e. The highest BCUT2D eigenvalue weighted by Crippen LogP contribution is 2.33. The molecular formula is C22H25ClN6O. The van der Waals surface area contributed by atoms with Gasteiger partial charge in [-0.3, -0.25) is 4.79 Å². The lowest BCUT2D eigenvalue weighted by atomic mass is 10.2. The van der Waals surface area contributed by atoms with Crippen LogP contribution in [-0.2, 0) is 4.79 Å². The molecule has 0 atom stereocenters. The lowest BCUT2D eigenvalue weighted by Crippen LogP contribution is -2.49. The molecule has 8 heteroatoms. The fourth-order valence-electron chi connectivity index (χ4n) is 3.94. The van der Waals surface area contributed by atoms with Crippen LogP contribution < -0.4 is 4.90 Å². The van der Waals surface area contributed by atoms with Crippen molar-refractivity contribution >= 4 is 34.4 Å². The van der Waals surface area contributed by atoms with Gasteiger partial charge in [0, 0.05) is 38.0 Å². The third-order valence-corrected chi connectivity index (χ3v) is 6.16. The Kier molecular flexibility index (Phi) is 4.85. The van der Waals surface area contributed by atoms with Crippen molar-refractivity contribution in [3.63, 3.8) is 0 Å². The largest absolute Gasteiger partial charge is 0.352 e. The molecule has 0 radical (unpaired) electrons. The fraction of sp³-hybridized carbons (Fsp3) is 0.455. The second-order valence-corrected chi connectivity index (χ2v) is 8.80. The smallest absolute Gasteiger partial charge is 0.225 e. The summed E-state index contributed by atoms with van der Waals surface area (Å²) < 4.78 is 1.79. The first kappa shape index (κ1) is 19.3. The van der Waals surface area contributed by atoms with Crippen LogP contribution in [0.15, 0.2) is 30.5 Å². The third kappa shape index (κ3) is 3.41. The third-order valence-electron chi connectivity index (χ3n) is 5.84. The lowest BCUT2D eigenvalue weighted by Gasteiger charge is -2.36. The van der Waals surface area contributed by atoms with Gasteiger partial charge in [-0.15, -0.1) is 0 Å². The molecule has 1 saturated heterocycles. The second-order valence-electron chi connectivity index (χ2n) is 8.39. The van der Waals surface area contributed by atoms with Crippen LogP contribution in [0.3, 0.4) is 0 Å². The quantitative estimate of drug-likeness (QED) is 0.639. The predicted octanol–water partition coefficient (Wildman–Crippen LogP) is 3.65. The SMILES string of the molecule is CC(C)c1nc(N2CCN(C(=O)C3CC3)CC2)c2cnn(-c3ccccc3Cl)c2n1. The number of hydrogen-bond acceptors (Lipinski definition) is 5. The summed E-state index contributed by atoms with van der Waals surface area (Å²) in [6, 6.07) is 7.63. The van der Waals surface area contributed by atoms with Gasteiger partial charge in [-0.05, 0) is 25.0 Å². The number of rotatable bonds is 4. The summed E-state index contributed by atoms with van der Waals surface area (Å²) in [6.07, 6.45) is 3.91. The van der Waals surface area contributed by atoms with E-state index < -0.39 is 0 Å². The molecule has 2 aromatic heterocycles. The summed E-state index contributed by atoms with van der Waals surface area (Å²) in [6.45, 7) is 7.17. The molecule has 1 aliphatic heterocycles. The molecule has 5 rings (SSSR count). The van der Waals surface area contributed by atoms with Crippen molar-refractivity contribution in [2.24, 2.45) is 5.92 Å². The molecule has 0 spiro atoms. The average molecular weight is 425 g/mol. The van der Waals surface area contributed by atoms with Crippen molar-refractivity contribution in [1.82, 2.24) is 24.6 Å². The van der Waals surface area contributed by atoms with E-state index in [1.165, 1.54) is 0 Å². The topological polar surface area (TPSA) is 67.2 Å². The fourth-order valence-corrected chi connectivity index (χ4v) is 4.15. The number of carbonyl (C=O) groups excluding carboxylic acids is 1. The summed E-state index contributed by atoms with van der Waals surface area (Å²) >= 11 is 6.43. The van der Waals surface area contributed by atoms with E-state index in [4.69, 9.17) is 21.6 Å². The lowest BCUT2D eigenvalue weighted by molar-refractivity contribution is -0.132. The zero-order valence-electron chi connectivity index (χ0n) is 17.3. The first-order valence-electron chi connectivity index (χ1n) is 10.6. The minimum atomic E-state index is 0.181. The van der Waals surface area contributed by atoms with Crippen molar-refractivity contribution < 1.29 is 4.79 Å². The number of amides is 1. The normalized spacial score (nSPS) is 17.2. The molecule has 1 aromatic carbocycles. The zero-order chi connectivity index (χ0) is 20.8. The molecule has 2 aliphatic rings. The molecule has 3 aromatic rings. The van der Waals surface area contributed by atoms with Gasteiger partial charge in [0.15, 0.2) is 5.65 Å². The Hall–Kier alpha value is -2.67. The van der Waals surface area contributed by atoms with Gasteiger partial charge in [0.05, 0.1) is 22.3 Å². The van der Waals surface area contributed by atoms with Gasteiger partial charge in [0.2, 0.25) is 5.91 Å². The van der Waals surface area contributed by atoms with Crippen molar-refractivity contribution in [1.29, 1.82) is 0 Å². The maximum atomic E-state index is 12.4. The molecule has 3 heterocycles. The van der Waals surface area contributed by atoms with Crippen LogP contribution in [0, 0.1) is 5.92 Å². The number of benzene rings is 1. The molecule has 0 N–H and O–H groups in total. The Morgan fingerprint density at radius 1 is 1.10 bits per heavy atom. The number of carbonyl (C=O) groups is 1. The van der Waals surface area contributed by atoms with Crippen molar-refractivity contribution in [3.8, 4) is 5.69 Å². The van der Waals surface area contributed by atoms with Crippen molar-refractivity contribution in [2.75, 3.05) is 31.1 Å². The summed E-state index contributed by atoms with van der Waals surface area (Å²) in [7, 11) is 0. The Morgan fingerprint density at radius 2 is 1.83 bits per heavy atom. The van der Waals surface area contributed by atoms with Gasteiger partial charge in [-0.1, -0.05) is 37.6 Å². The van der Waals surface area contributed by atoms with Crippen LogP contribution in [0.2, 0.25) is 5.02 Å². The van der Waals surface area contributed by atoms with Crippen LogP contribution in [0.1, 0.15) is 38.4 Å². The van der Waals surface area contributed by atoms with E-state index in [1.54, 1.807) is 4.68 Å². The summed E-state index contributed by atoms with van der Waals surface area (Å²) in [4.78, 5) is 26.4. The predicted molar refractivity (Wildman–Crippen MR) is 117 cm³/mol. The average Bonchev–Trinajstić information content (AvgIpc) is 3.52. The molecule has 30 heavy (non-hydrogen) atoms. The van der Waals surface area contributed by atoms with Crippen molar-refractivity contribution in [2.45, 2.75) is 32.6 Å². The molecular weight excluding hydrogens is 400 g/mol. The molecule has 1 amide bonds. The van der Waals surface area contributed by atoms with Gasteiger partial charge < -0.3 is 9.80 Å². The van der Waals surface area contributed by atoms with Crippen LogP contribution >= 0.6 is 11.6 Å². The molecule has 1 saturated carbocycles. The van der Waals surface area contributed by atoms with Gasteiger partial charge in [-0.25, -0.2) is 14.6 Å². The first-order valence-corrected chi connectivity index (χ1v) is 10.9. The number of piperazine rings is 1. The number of anilines is 1. The number of aromatic nitrogens is 4. The number of hydrogen-bond donors (Lipinski definition) is 0. The van der Waals surface area contributed by atoms with E-state index in [-0.39, 0.29) is 11.8 Å². The Balaban J connectivity index is 1.52. The highest BCUT2D eigenvalue weighted by Gasteiger charge is 2.35. The van der Waals surface area contributed by atoms with Gasteiger partial charge in [0.25, 0.3) is 0 Å². The first-order chi connectivity index (χ1) is 14.5. The minimum absolute atomic E-state index is 0.181. The molecule has 1 aliphatic carbocycles. The highest BCUT2D eigenvalue weighted by atomic mass is 35.5. The van der Waals surface area contributed by atoms with E-state index in [2.05, 4.69) is 23.8 Å². The summed E-state index contributed by atoms with van der Waals surface area (Å²) in [5.74, 6) is 2.43. The monoisotopic (exact) mass is 424 g/mol. The zero-order valence-corrected chi connectivity index (χ0v) is 18.0. The van der Waals surface area contributed by atoms with Crippen LogP contribution in [0.4, 0.5) is 5.82 Å². The van der Waals surface area contributed by atoms with E-state index in [9.17, 15) is 4.79 Å². The standard InChI is InChI=1S/C22H25ClN6O/c1-14(2)19-25-20(27-9-11-28(12-10-27)22(30)15-7-8-15)16-13-24-29(21(16)26-19)18-6-4-3-5-17(18)23/h3-6,13-15H,7-12H2,1-2H3. The molecule has 0 unspecified atom stereocenters. The maximum Gasteiger partial charge on any atom is 0.225 e. The number of halogens is 1. The van der Waals surface area contributed by atoms with E-state index >= 15 is 0 Å². The number of fused-ring (bicyclic) bond motifs is 1. The second kappa shape index (κ2) is 7.54. The van der Waals surface area contributed by atoms with Crippen molar-refractivity contribution in [3.05, 3.63) is 41.3 Å².